The SMILES string of the molecule is O=C(CSc1nc2ccsc2c(=O)n1C1CCCCC1)N1CCN(c2ccccc2)CC1. The van der Waals surface area contributed by atoms with Crippen LogP contribution < -0.4 is 10.5 Å². The van der Waals surface area contributed by atoms with E-state index in [1.165, 1.54) is 35.2 Å². The Morgan fingerprint density at radius 1 is 1.03 bits per heavy atom. The summed E-state index contributed by atoms with van der Waals surface area (Å²) in [7, 11) is 0. The van der Waals surface area contributed by atoms with E-state index in [0.717, 1.165) is 62.1 Å². The molecule has 1 aliphatic carbocycles. The van der Waals surface area contributed by atoms with E-state index < -0.39 is 0 Å². The molecule has 0 N–H and O–H groups in total. The van der Waals surface area contributed by atoms with Crippen molar-refractivity contribution in [2.75, 3.05) is 36.8 Å². The van der Waals surface area contributed by atoms with Crippen LogP contribution in [0.4, 0.5) is 5.69 Å². The summed E-state index contributed by atoms with van der Waals surface area (Å²) in [4.78, 5) is 35.3. The lowest BCUT2D eigenvalue weighted by Crippen LogP contribution is -2.49. The van der Waals surface area contributed by atoms with Crippen molar-refractivity contribution in [2.24, 2.45) is 0 Å². The fraction of sp³-hybridized carbons (Fsp3) is 0.458. The fourth-order valence-corrected chi connectivity index (χ4v) is 6.47. The number of fused-ring (bicyclic) bond motifs is 1. The molecule has 0 atom stereocenters. The third kappa shape index (κ3) is 4.43. The van der Waals surface area contributed by atoms with Gasteiger partial charge in [0.2, 0.25) is 5.91 Å². The third-order valence-corrected chi connectivity index (χ3v) is 8.33. The Bertz CT molecular complexity index is 1130. The van der Waals surface area contributed by atoms with Gasteiger partial charge in [0, 0.05) is 37.9 Å². The maximum absolute atomic E-state index is 13.2. The summed E-state index contributed by atoms with van der Waals surface area (Å²) in [5, 5.41) is 2.62. The van der Waals surface area contributed by atoms with E-state index in [4.69, 9.17) is 4.98 Å². The van der Waals surface area contributed by atoms with Crippen LogP contribution in [-0.2, 0) is 4.79 Å². The number of carbonyl (C=O) groups is 1. The van der Waals surface area contributed by atoms with Gasteiger partial charge in [-0.1, -0.05) is 49.2 Å². The van der Waals surface area contributed by atoms with Gasteiger partial charge in [-0.15, -0.1) is 11.3 Å². The summed E-state index contributed by atoms with van der Waals surface area (Å²) >= 11 is 2.89. The Labute approximate surface area is 196 Å². The van der Waals surface area contributed by atoms with Gasteiger partial charge in [-0.25, -0.2) is 4.98 Å². The molecule has 6 nitrogen and oxygen atoms in total. The average molecular weight is 469 g/mol. The van der Waals surface area contributed by atoms with Gasteiger partial charge in [0.25, 0.3) is 5.56 Å². The van der Waals surface area contributed by atoms with Gasteiger partial charge in [0.05, 0.1) is 11.3 Å². The average Bonchev–Trinajstić information content (AvgIpc) is 3.33. The molecular formula is C24H28N4O2S2. The molecule has 5 rings (SSSR count). The molecule has 8 heteroatoms. The zero-order chi connectivity index (χ0) is 21.9. The highest BCUT2D eigenvalue weighted by Crippen LogP contribution is 2.32. The summed E-state index contributed by atoms with van der Waals surface area (Å²) in [6, 6.07) is 12.5. The van der Waals surface area contributed by atoms with E-state index in [1.807, 2.05) is 39.1 Å². The molecule has 2 fully saturated rings. The smallest absolute Gasteiger partial charge is 0.272 e. The molecule has 2 aliphatic rings. The Balaban J connectivity index is 1.28. The second-order valence-corrected chi connectivity index (χ2v) is 10.3. The minimum Gasteiger partial charge on any atom is -0.368 e. The number of hydrogen-bond acceptors (Lipinski definition) is 6. The number of thioether (sulfide) groups is 1. The zero-order valence-electron chi connectivity index (χ0n) is 18.1. The molecule has 0 bridgehead atoms. The summed E-state index contributed by atoms with van der Waals surface area (Å²) in [6.45, 7) is 3.13. The quantitative estimate of drug-likeness (QED) is 0.410. The monoisotopic (exact) mass is 468 g/mol. The molecule has 3 aromatic rings. The van der Waals surface area contributed by atoms with E-state index in [2.05, 4.69) is 17.0 Å². The first-order chi connectivity index (χ1) is 15.7. The maximum Gasteiger partial charge on any atom is 0.272 e. The number of amides is 1. The van der Waals surface area contributed by atoms with Crippen LogP contribution in [0.1, 0.15) is 38.1 Å². The van der Waals surface area contributed by atoms with Gasteiger partial charge in [0.15, 0.2) is 5.16 Å². The molecule has 0 radical (unpaired) electrons. The second kappa shape index (κ2) is 9.67. The number of rotatable bonds is 5. The fourth-order valence-electron chi connectivity index (χ4n) is 4.74. The summed E-state index contributed by atoms with van der Waals surface area (Å²) in [6.07, 6.45) is 5.56. The number of anilines is 1. The van der Waals surface area contributed by atoms with Crippen LogP contribution in [0.15, 0.2) is 51.7 Å². The van der Waals surface area contributed by atoms with Gasteiger partial charge in [-0.2, -0.15) is 0 Å². The van der Waals surface area contributed by atoms with E-state index in [0.29, 0.717) is 10.9 Å². The minimum absolute atomic E-state index is 0.0586. The Hall–Kier alpha value is -2.32. The Morgan fingerprint density at radius 3 is 2.53 bits per heavy atom. The third-order valence-electron chi connectivity index (χ3n) is 6.50. The highest BCUT2D eigenvalue weighted by atomic mass is 32.2. The molecule has 168 valence electrons. The number of hydrogen-bond donors (Lipinski definition) is 0. The maximum atomic E-state index is 13.2. The molecule has 1 amide bonds. The van der Waals surface area contributed by atoms with Crippen molar-refractivity contribution in [1.29, 1.82) is 0 Å². The predicted octanol–water partition coefficient (Wildman–Crippen LogP) is 4.40. The van der Waals surface area contributed by atoms with E-state index in [-0.39, 0.29) is 17.5 Å². The summed E-state index contributed by atoms with van der Waals surface area (Å²) < 4.78 is 2.62. The van der Waals surface area contributed by atoms with Crippen LogP contribution in [0, 0.1) is 0 Å². The number of nitrogens with zero attached hydrogens (tertiary/aromatic N) is 4. The minimum atomic E-state index is 0.0586. The van der Waals surface area contributed by atoms with Crippen LogP contribution in [0.2, 0.25) is 0 Å². The van der Waals surface area contributed by atoms with Crippen molar-refractivity contribution in [1.82, 2.24) is 14.5 Å². The van der Waals surface area contributed by atoms with E-state index in [1.54, 1.807) is 0 Å². The van der Waals surface area contributed by atoms with E-state index in [9.17, 15) is 9.59 Å². The number of benzene rings is 1. The van der Waals surface area contributed by atoms with Crippen molar-refractivity contribution >= 4 is 44.9 Å². The van der Waals surface area contributed by atoms with Crippen molar-refractivity contribution in [3.8, 4) is 0 Å². The normalized spacial score (nSPS) is 17.8. The van der Waals surface area contributed by atoms with Crippen LogP contribution in [0.3, 0.4) is 0 Å². The van der Waals surface area contributed by atoms with E-state index >= 15 is 0 Å². The molecular weight excluding hydrogens is 440 g/mol. The first-order valence-corrected chi connectivity index (χ1v) is 13.3. The molecule has 3 heterocycles. The van der Waals surface area contributed by atoms with Gasteiger partial charge < -0.3 is 9.80 Å². The molecule has 32 heavy (non-hydrogen) atoms. The summed E-state index contributed by atoms with van der Waals surface area (Å²) in [5.74, 6) is 0.442. The van der Waals surface area contributed by atoms with Crippen LogP contribution in [0.25, 0.3) is 10.2 Å². The van der Waals surface area contributed by atoms with Gasteiger partial charge in [-0.3, -0.25) is 14.2 Å². The highest BCUT2D eigenvalue weighted by molar-refractivity contribution is 7.99. The van der Waals surface area contributed by atoms with Crippen LogP contribution >= 0.6 is 23.1 Å². The molecule has 1 aromatic carbocycles. The molecule has 2 aromatic heterocycles. The number of aromatic nitrogens is 2. The van der Waals surface area contributed by atoms with Crippen molar-refractivity contribution in [2.45, 2.75) is 43.3 Å². The number of carbonyl (C=O) groups excluding carboxylic acids is 1. The molecule has 1 aliphatic heterocycles. The lowest BCUT2D eigenvalue weighted by Gasteiger charge is -2.36. The van der Waals surface area contributed by atoms with Crippen molar-refractivity contribution < 1.29 is 4.79 Å². The van der Waals surface area contributed by atoms with Crippen LogP contribution in [-0.4, -0.2) is 52.3 Å². The van der Waals surface area contributed by atoms with Gasteiger partial charge in [0.1, 0.15) is 4.70 Å². The van der Waals surface area contributed by atoms with Gasteiger partial charge in [-0.05, 0) is 36.4 Å². The number of piperazine rings is 1. The Morgan fingerprint density at radius 2 is 1.78 bits per heavy atom. The highest BCUT2D eigenvalue weighted by Gasteiger charge is 2.25. The molecule has 1 saturated carbocycles. The molecule has 0 spiro atoms. The first kappa shape index (κ1) is 21.5. The topological polar surface area (TPSA) is 58.4 Å². The standard InChI is InChI=1S/C24H28N4O2S2/c29-21(27-14-12-26(13-15-27)18-7-3-1-4-8-18)17-32-24-25-20-11-16-31-22(20)23(30)28(24)19-9-5-2-6-10-19/h1,3-4,7-8,11,16,19H,2,5-6,9-10,12-15,17H2. The largest absolute Gasteiger partial charge is 0.368 e. The first-order valence-electron chi connectivity index (χ1n) is 11.4. The Kier molecular flexibility index (Phi) is 6.50. The van der Waals surface area contributed by atoms with Crippen LogP contribution in [0.5, 0.6) is 0 Å². The molecule has 0 unspecified atom stereocenters. The lowest BCUT2D eigenvalue weighted by atomic mass is 9.95. The number of para-hydroxylation sites is 1. The van der Waals surface area contributed by atoms with Crippen molar-refractivity contribution in [3.63, 3.8) is 0 Å². The predicted molar refractivity (Wildman–Crippen MR) is 132 cm³/mol. The van der Waals surface area contributed by atoms with Gasteiger partial charge >= 0.3 is 0 Å². The zero-order valence-corrected chi connectivity index (χ0v) is 19.7. The number of thiophene rings is 1. The second-order valence-electron chi connectivity index (χ2n) is 8.49. The van der Waals surface area contributed by atoms with Crippen molar-refractivity contribution in [3.05, 3.63) is 52.1 Å². The molecule has 1 saturated heterocycles. The summed E-state index contributed by atoms with van der Waals surface area (Å²) in [5.41, 5.74) is 2.01. The lowest BCUT2D eigenvalue weighted by molar-refractivity contribution is -0.128.